The topological polar surface area (TPSA) is 12.0 Å². The molecule has 102 valence electrons. The Morgan fingerprint density at radius 2 is 1.88 bits per heavy atom. The van der Waals surface area contributed by atoms with Gasteiger partial charge in [0.1, 0.15) is 0 Å². The average molecular weight is 251 g/mol. The molecule has 1 aliphatic rings. The van der Waals surface area contributed by atoms with Crippen LogP contribution in [-0.2, 0) is 0 Å². The molecule has 1 nitrogen and oxygen atoms in total. The van der Waals surface area contributed by atoms with Crippen molar-refractivity contribution in [2.45, 2.75) is 77.6 Å². The first-order chi connectivity index (χ1) is 7.68. The van der Waals surface area contributed by atoms with Gasteiger partial charge in [0.05, 0.1) is 6.42 Å². The highest BCUT2D eigenvalue weighted by Gasteiger charge is 2.31. The van der Waals surface area contributed by atoms with Crippen molar-refractivity contribution in [3.8, 4) is 0 Å². The minimum absolute atomic E-state index is 0.258. The second-order valence-corrected chi connectivity index (χ2v) is 6.18. The zero-order valence-electron chi connectivity index (χ0n) is 11.0. The molecule has 1 aliphatic carbocycles. The maximum absolute atomic E-state index is 12.2. The van der Waals surface area contributed by atoms with Gasteiger partial charge in [0, 0.05) is 12.1 Å². The smallest absolute Gasteiger partial charge is 0.311 e. The third-order valence-corrected chi connectivity index (χ3v) is 3.63. The summed E-state index contributed by atoms with van der Waals surface area (Å²) in [7, 11) is 0. The summed E-state index contributed by atoms with van der Waals surface area (Å²) in [4.78, 5) is 0. The highest BCUT2D eigenvalue weighted by molar-refractivity contribution is 4.81. The molecule has 0 spiro atoms. The van der Waals surface area contributed by atoms with Gasteiger partial charge in [-0.1, -0.05) is 20.3 Å². The average Bonchev–Trinajstić information content (AvgIpc) is 2.24. The normalized spacial score (nSPS) is 27.5. The molecule has 1 rings (SSSR count). The van der Waals surface area contributed by atoms with Crippen molar-refractivity contribution in [1.29, 1.82) is 0 Å². The Kier molecular flexibility index (Phi) is 4.87. The third-order valence-electron chi connectivity index (χ3n) is 3.63. The van der Waals surface area contributed by atoms with Crippen LogP contribution in [0.1, 0.15) is 59.3 Å². The van der Waals surface area contributed by atoms with Crippen molar-refractivity contribution >= 4 is 0 Å². The van der Waals surface area contributed by atoms with Crippen molar-refractivity contribution in [2.75, 3.05) is 0 Å². The lowest BCUT2D eigenvalue weighted by Crippen LogP contribution is -2.38. The van der Waals surface area contributed by atoms with E-state index in [2.05, 4.69) is 19.2 Å². The molecule has 0 aromatic heterocycles. The van der Waals surface area contributed by atoms with Crippen molar-refractivity contribution < 1.29 is 13.2 Å². The summed E-state index contributed by atoms with van der Waals surface area (Å²) in [6, 6.07) is -0.213. The van der Waals surface area contributed by atoms with Gasteiger partial charge in [-0.2, -0.15) is 13.2 Å². The van der Waals surface area contributed by atoms with Gasteiger partial charge < -0.3 is 5.32 Å². The molecule has 0 bridgehead atoms. The summed E-state index contributed by atoms with van der Waals surface area (Å²) < 4.78 is 36.7. The number of nitrogens with one attached hydrogen (secondary N) is 1. The van der Waals surface area contributed by atoms with Crippen molar-refractivity contribution in [3.63, 3.8) is 0 Å². The van der Waals surface area contributed by atoms with E-state index in [4.69, 9.17) is 0 Å². The van der Waals surface area contributed by atoms with Crippen LogP contribution in [0.25, 0.3) is 0 Å². The summed E-state index contributed by atoms with van der Waals surface area (Å²) in [5, 5.41) is 3.13. The van der Waals surface area contributed by atoms with Gasteiger partial charge in [-0.05, 0) is 38.0 Å². The summed E-state index contributed by atoms with van der Waals surface area (Å²) in [5.74, 6) is 0. The SMILES string of the molecule is CC(CC(F)(F)F)NC1CCCC(C)(C)CC1. The lowest BCUT2D eigenvalue weighted by molar-refractivity contribution is -0.139. The highest BCUT2D eigenvalue weighted by Crippen LogP contribution is 2.34. The van der Waals surface area contributed by atoms with E-state index >= 15 is 0 Å². The molecular formula is C13H24F3N. The van der Waals surface area contributed by atoms with Crippen molar-refractivity contribution in [2.24, 2.45) is 5.41 Å². The van der Waals surface area contributed by atoms with E-state index < -0.39 is 18.6 Å². The number of halogens is 3. The van der Waals surface area contributed by atoms with Crippen LogP contribution >= 0.6 is 0 Å². The molecule has 1 N–H and O–H groups in total. The quantitative estimate of drug-likeness (QED) is 0.738. The lowest BCUT2D eigenvalue weighted by Gasteiger charge is -2.24. The molecule has 0 aliphatic heterocycles. The largest absolute Gasteiger partial charge is 0.390 e. The molecule has 0 radical (unpaired) electrons. The Balaban J connectivity index is 2.36. The van der Waals surface area contributed by atoms with Crippen molar-refractivity contribution in [1.82, 2.24) is 5.32 Å². The zero-order valence-corrected chi connectivity index (χ0v) is 11.0. The van der Waals surface area contributed by atoms with Crippen LogP contribution in [0.15, 0.2) is 0 Å². The molecule has 4 heteroatoms. The van der Waals surface area contributed by atoms with E-state index in [1.807, 2.05) is 0 Å². The molecule has 1 saturated carbocycles. The Morgan fingerprint density at radius 3 is 2.47 bits per heavy atom. The minimum atomic E-state index is -4.06. The molecule has 0 heterocycles. The summed E-state index contributed by atoms with van der Waals surface area (Å²) in [5.41, 5.74) is 0.351. The Bertz CT molecular complexity index is 235. The van der Waals surface area contributed by atoms with Gasteiger partial charge in [0.15, 0.2) is 0 Å². The van der Waals surface area contributed by atoms with Crippen LogP contribution < -0.4 is 5.32 Å². The summed E-state index contributed by atoms with van der Waals surface area (Å²) >= 11 is 0. The Morgan fingerprint density at radius 1 is 1.24 bits per heavy atom. The number of hydrogen-bond donors (Lipinski definition) is 1. The zero-order chi connectivity index (χ0) is 13.1. The summed E-state index contributed by atoms with van der Waals surface area (Å²) in [6.07, 6.45) is 0.607. The lowest BCUT2D eigenvalue weighted by atomic mass is 9.85. The summed E-state index contributed by atoms with van der Waals surface area (Å²) in [6.45, 7) is 6.12. The number of rotatable bonds is 3. The first kappa shape index (κ1) is 14.8. The van der Waals surface area contributed by atoms with Gasteiger partial charge in [0.25, 0.3) is 0 Å². The standard InChI is InChI=1S/C13H24F3N/c1-10(9-13(14,15)16)17-11-5-4-7-12(2,3)8-6-11/h10-11,17H,4-9H2,1-3H3. The van der Waals surface area contributed by atoms with Gasteiger partial charge in [0.2, 0.25) is 0 Å². The maximum atomic E-state index is 12.2. The molecule has 0 aromatic carbocycles. The number of hydrogen-bond acceptors (Lipinski definition) is 1. The van der Waals surface area contributed by atoms with Crippen LogP contribution in [0.2, 0.25) is 0 Å². The second kappa shape index (κ2) is 5.59. The van der Waals surface area contributed by atoms with Crippen molar-refractivity contribution in [3.05, 3.63) is 0 Å². The molecule has 2 unspecified atom stereocenters. The molecule has 2 atom stereocenters. The van der Waals surface area contributed by atoms with Gasteiger partial charge in [-0.15, -0.1) is 0 Å². The molecular weight excluding hydrogens is 227 g/mol. The monoisotopic (exact) mass is 251 g/mol. The highest BCUT2D eigenvalue weighted by atomic mass is 19.4. The molecule has 1 fully saturated rings. The fourth-order valence-electron chi connectivity index (χ4n) is 2.64. The fraction of sp³-hybridized carbons (Fsp3) is 1.00. The molecule has 17 heavy (non-hydrogen) atoms. The first-order valence-corrected chi connectivity index (χ1v) is 6.51. The molecule has 0 amide bonds. The van der Waals surface area contributed by atoms with E-state index in [1.165, 1.54) is 6.42 Å². The van der Waals surface area contributed by atoms with E-state index in [1.54, 1.807) is 6.92 Å². The molecule has 0 aromatic rings. The predicted octanol–water partition coefficient (Wildman–Crippen LogP) is 4.28. The van der Waals surface area contributed by atoms with E-state index in [0.29, 0.717) is 5.41 Å². The van der Waals surface area contributed by atoms with E-state index in [0.717, 1.165) is 25.7 Å². The van der Waals surface area contributed by atoms with Crippen LogP contribution in [0.5, 0.6) is 0 Å². The van der Waals surface area contributed by atoms with Crippen LogP contribution in [0, 0.1) is 5.41 Å². The minimum Gasteiger partial charge on any atom is -0.311 e. The van der Waals surface area contributed by atoms with E-state index in [9.17, 15) is 13.2 Å². The first-order valence-electron chi connectivity index (χ1n) is 6.51. The van der Waals surface area contributed by atoms with Gasteiger partial charge in [-0.25, -0.2) is 0 Å². The van der Waals surface area contributed by atoms with Crippen LogP contribution in [0.3, 0.4) is 0 Å². The van der Waals surface area contributed by atoms with E-state index in [-0.39, 0.29) is 6.04 Å². The fourth-order valence-corrected chi connectivity index (χ4v) is 2.64. The van der Waals surface area contributed by atoms with Gasteiger partial charge >= 0.3 is 6.18 Å². The van der Waals surface area contributed by atoms with Crippen LogP contribution in [-0.4, -0.2) is 18.3 Å². The Labute approximate surface area is 102 Å². The van der Waals surface area contributed by atoms with Gasteiger partial charge in [-0.3, -0.25) is 0 Å². The Hall–Kier alpha value is -0.250. The second-order valence-electron chi connectivity index (χ2n) is 6.18. The number of alkyl halides is 3. The third kappa shape index (κ3) is 6.29. The maximum Gasteiger partial charge on any atom is 0.390 e. The predicted molar refractivity (Wildman–Crippen MR) is 63.9 cm³/mol. The molecule has 0 saturated heterocycles. The van der Waals surface area contributed by atoms with Crippen LogP contribution in [0.4, 0.5) is 13.2 Å².